The van der Waals surface area contributed by atoms with Gasteiger partial charge >= 0.3 is 0 Å². The van der Waals surface area contributed by atoms with Crippen LogP contribution in [0.1, 0.15) is 45.2 Å². The molecular formula is C16H23BrO3. The lowest BCUT2D eigenvalue weighted by molar-refractivity contribution is -0.0848. The predicted octanol–water partition coefficient (Wildman–Crippen LogP) is 3.97. The van der Waals surface area contributed by atoms with Crippen LogP contribution in [0.15, 0.2) is 16.6 Å². The topological polar surface area (TPSA) is 38.7 Å². The van der Waals surface area contributed by atoms with Crippen molar-refractivity contribution < 1.29 is 14.6 Å². The van der Waals surface area contributed by atoms with Crippen molar-refractivity contribution in [3.05, 3.63) is 27.7 Å². The maximum Gasteiger partial charge on any atom is 0.130 e. The number of halogens is 1. The lowest BCUT2D eigenvalue weighted by atomic mass is 9.97. The van der Waals surface area contributed by atoms with Gasteiger partial charge in [0.25, 0.3) is 0 Å². The van der Waals surface area contributed by atoms with Crippen molar-refractivity contribution in [3.8, 4) is 5.75 Å². The molecule has 1 aromatic carbocycles. The Balaban J connectivity index is 2.31. The number of hydrogen-bond donors (Lipinski definition) is 1. The maximum atomic E-state index is 9.54. The first-order chi connectivity index (χ1) is 9.14. The van der Waals surface area contributed by atoms with Gasteiger partial charge < -0.3 is 14.6 Å². The van der Waals surface area contributed by atoms with E-state index in [0.29, 0.717) is 0 Å². The molecule has 0 bridgehead atoms. The molecule has 0 saturated carbocycles. The van der Waals surface area contributed by atoms with Crippen LogP contribution in [0.25, 0.3) is 0 Å². The van der Waals surface area contributed by atoms with Gasteiger partial charge in [0, 0.05) is 16.5 Å². The van der Waals surface area contributed by atoms with Gasteiger partial charge in [-0.05, 0) is 52.3 Å². The summed E-state index contributed by atoms with van der Waals surface area (Å²) in [5, 5.41) is 9.54. The van der Waals surface area contributed by atoms with Crippen LogP contribution in [0.2, 0.25) is 0 Å². The summed E-state index contributed by atoms with van der Waals surface area (Å²) in [4.78, 5) is 0. The van der Waals surface area contributed by atoms with E-state index < -0.39 is 0 Å². The Labute approximate surface area is 129 Å². The molecule has 1 aromatic rings. The zero-order valence-corrected chi connectivity index (χ0v) is 14.4. The Morgan fingerprint density at radius 1 is 1.35 bits per heavy atom. The molecule has 0 aliphatic carbocycles. The van der Waals surface area contributed by atoms with Gasteiger partial charge in [-0.15, -0.1) is 0 Å². The molecule has 2 rings (SSSR count). The van der Waals surface area contributed by atoms with Crippen molar-refractivity contribution in [2.24, 2.45) is 0 Å². The first-order valence-corrected chi connectivity index (χ1v) is 7.71. The Hall–Kier alpha value is -0.580. The second kappa shape index (κ2) is 5.32. The van der Waals surface area contributed by atoms with E-state index in [0.717, 1.165) is 27.8 Å². The average Bonchev–Trinajstić information content (AvgIpc) is 2.49. The van der Waals surface area contributed by atoms with Crippen molar-refractivity contribution in [1.29, 1.82) is 0 Å². The van der Waals surface area contributed by atoms with Gasteiger partial charge in [-0.1, -0.05) is 15.9 Å². The third kappa shape index (κ3) is 3.18. The highest BCUT2D eigenvalue weighted by Crippen LogP contribution is 2.41. The van der Waals surface area contributed by atoms with E-state index in [1.807, 2.05) is 19.1 Å². The third-order valence-electron chi connectivity index (χ3n) is 3.74. The number of benzene rings is 1. The number of rotatable bonds is 3. The van der Waals surface area contributed by atoms with E-state index in [4.69, 9.17) is 9.47 Å². The van der Waals surface area contributed by atoms with E-state index in [9.17, 15) is 5.11 Å². The molecule has 1 aliphatic rings. The molecule has 112 valence electrons. The molecule has 0 amide bonds. The Morgan fingerprint density at radius 3 is 2.50 bits per heavy atom. The highest BCUT2D eigenvalue weighted by molar-refractivity contribution is 9.10. The van der Waals surface area contributed by atoms with Gasteiger partial charge in [0.15, 0.2) is 0 Å². The second-order valence-corrected chi connectivity index (χ2v) is 7.56. The molecule has 1 unspecified atom stereocenters. The average molecular weight is 343 g/mol. The Kier molecular flexibility index (Phi) is 4.20. The van der Waals surface area contributed by atoms with Crippen LogP contribution < -0.4 is 4.74 Å². The van der Waals surface area contributed by atoms with Crippen LogP contribution in [0.5, 0.6) is 5.75 Å². The van der Waals surface area contributed by atoms with Crippen LogP contribution in [0.4, 0.5) is 0 Å². The smallest absolute Gasteiger partial charge is 0.130 e. The van der Waals surface area contributed by atoms with E-state index in [1.54, 1.807) is 0 Å². The summed E-state index contributed by atoms with van der Waals surface area (Å²) in [6.45, 7) is 10.2. The van der Waals surface area contributed by atoms with Crippen molar-refractivity contribution in [3.63, 3.8) is 0 Å². The molecule has 0 spiro atoms. The van der Waals surface area contributed by atoms with Gasteiger partial charge in [-0.25, -0.2) is 0 Å². The van der Waals surface area contributed by atoms with Crippen molar-refractivity contribution >= 4 is 15.9 Å². The van der Waals surface area contributed by atoms with Gasteiger partial charge in [0.05, 0.1) is 12.2 Å². The van der Waals surface area contributed by atoms with E-state index in [2.05, 4.69) is 43.6 Å². The first-order valence-electron chi connectivity index (χ1n) is 6.91. The van der Waals surface area contributed by atoms with Gasteiger partial charge in [0.2, 0.25) is 0 Å². The largest absolute Gasteiger partial charge is 0.487 e. The van der Waals surface area contributed by atoms with E-state index in [1.165, 1.54) is 0 Å². The fourth-order valence-corrected chi connectivity index (χ4v) is 3.54. The molecule has 1 fully saturated rings. The van der Waals surface area contributed by atoms with Gasteiger partial charge in [-0.2, -0.15) is 0 Å². The molecule has 4 heteroatoms. The number of hydrogen-bond acceptors (Lipinski definition) is 3. The standard InChI is InChI=1S/C16H23BrO3/c1-10-6-12(17)7-11(9-18)14(10)19-13-8-15(2,3)20-16(13,4)5/h6-7,13,18H,8-9H2,1-5H3. The van der Waals surface area contributed by atoms with Crippen LogP contribution in [-0.4, -0.2) is 22.4 Å². The summed E-state index contributed by atoms with van der Waals surface area (Å²) in [5.41, 5.74) is 1.30. The monoisotopic (exact) mass is 342 g/mol. The predicted molar refractivity (Wildman–Crippen MR) is 83.1 cm³/mol. The minimum atomic E-state index is -0.338. The van der Waals surface area contributed by atoms with Gasteiger partial charge in [-0.3, -0.25) is 0 Å². The number of aryl methyl sites for hydroxylation is 1. The molecule has 1 saturated heterocycles. The molecule has 20 heavy (non-hydrogen) atoms. The summed E-state index contributed by atoms with van der Waals surface area (Å²) >= 11 is 3.45. The molecule has 1 heterocycles. The van der Waals surface area contributed by atoms with Crippen molar-refractivity contribution in [2.75, 3.05) is 0 Å². The van der Waals surface area contributed by atoms with Gasteiger partial charge in [0.1, 0.15) is 17.5 Å². The number of aliphatic hydroxyl groups is 1. The molecular weight excluding hydrogens is 320 g/mol. The summed E-state index contributed by atoms with van der Waals surface area (Å²) < 4.78 is 13.2. The quantitative estimate of drug-likeness (QED) is 0.902. The fraction of sp³-hybridized carbons (Fsp3) is 0.625. The zero-order valence-electron chi connectivity index (χ0n) is 12.8. The normalized spacial score (nSPS) is 23.9. The number of ether oxygens (including phenoxy) is 2. The minimum absolute atomic E-state index is 0.0253. The fourth-order valence-electron chi connectivity index (χ4n) is 2.92. The highest BCUT2D eigenvalue weighted by atomic mass is 79.9. The van der Waals surface area contributed by atoms with Crippen molar-refractivity contribution in [1.82, 2.24) is 0 Å². The van der Waals surface area contributed by atoms with Crippen LogP contribution in [-0.2, 0) is 11.3 Å². The summed E-state index contributed by atoms with van der Waals surface area (Å²) in [5.74, 6) is 0.773. The van der Waals surface area contributed by atoms with Crippen LogP contribution >= 0.6 is 15.9 Å². The van der Waals surface area contributed by atoms with E-state index >= 15 is 0 Å². The number of aliphatic hydroxyl groups excluding tert-OH is 1. The first kappa shape index (κ1) is 15.8. The minimum Gasteiger partial charge on any atom is -0.487 e. The maximum absolute atomic E-state index is 9.54. The Bertz CT molecular complexity index is 509. The Morgan fingerprint density at radius 2 is 2.00 bits per heavy atom. The summed E-state index contributed by atoms with van der Waals surface area (Å²) in [7, 11) is 0. The summed E-state index contributed by atoms with van der Waals surface area (Å²) in [6.07, 6.45) is 0.808. The lowest BCUT2D eigenvalue weighted by Gasteiger charge is -2.28. The highest BCUT2D eigenvalue weighted by Gasteiger charge is 2.47. The molecule has 0 aromatic heterocycles. The van der Waals surface area contributed by atoms with Crippen LogP contribution in [0, 0.1) is 6.92 Å². The SMILES string of the molecule is Cc1cc(Br)cc(CO)c1OC1CC(C)(C)OC1(C)C. The zero-order chi connectivity index (χ0) is 15.1. The molecule has 1 N–H and O–H groups in total. The molecule has 1 aliphatic heterocycles. The van der Waals surface area contributed by atoms with E-state index in [-0.39, 0.29) is 23.9 Å². The lowest BCUT2D eigenvalue weighted by Crippen LogP contribution is -2.37. The molecule has 0 radical (unpaired) electrons. The van der Waals surface area contributed by atoms with Crippen molar-refractivity contribution in [2.45, 2.75) is 65.0 Å². The second-order valence-electron chi connectivity index (χ2n) is 6.64. The third-order valence-corrected chi connectivity index (χ3v) is 4.20. The molecule has 1 atom stereocenters. The van der Waals surface area contributed by atoms with Crippen LogP contribution in [0.3, 0.4) is 0 Å². The molecule has 3 nitrogen and oxygen atoms in total. The summed E-state index contributed by atoms with van der Waals surface area (Å²) in [6, 6.07) is 3.90.